The quantitative estimate of drug-likeness (QED) is 0.445. The predicted molar refractivity (Wildman–Crippen MR) is 37.4 cm³/mol. The SMILES string of the molecule is CC(=O)O[C@H](C)OC(C)C. The highest BCUT2D eigenvalue weighted by Crippen LogP contribution is 1.98. The largest absolute Gasteiger partial charge is 0.436 e. The fourth-order valence-electron chi connectivity index (χ4n) is 0.645. The average Bonchev–Trinajstić information content (AvgIpc) is 1.58. The normalized spacial score (nSPS) is 13.3. The first-order valence-electron chi connectivity index (χ1n) is 3.35. The molecule has 0 aromatic carbocycles. The third-order valence-corrected chi connectivity index (χ3v) is 0.796. The molecule has 0 fully saturated rings. The summed E-state index contributed by atoms with van der Waals surface area (Å²) in [6.45, 7) is 6.83. The topological polar surface area (TPSA) is 35.5 Å². The number of hydrogen-bond acceptors (Lipinski definition) is 3. The van der Waals surface area contributed by atoms with E-state index in [1.165, 1.54) is 6.92 Å². The van der Waals surface area contributed by atoms with Crippen LogP contribution in [0.5, 0.6) is 0 Å². The minimum Gasteiger partial charge on any atom is -0.436 e. The highest BCUT2D eigenvalue weighted by molar-refractivity contribution is 5.65. The van der Waals surface area contributed by atoms with Crippen LogP contribution in [0.2, 0.25) is 0 Å². The van der Waals surface area contributed by atoms with Gasteiger partial charge in [-0.25, -0.2) is 0 Å². The molecule has 0 spiro atoms. The number of carbonyl (C=O) groups excluding carboxylic acids is 1. The zero-order valence-corrected chi connectivity index (χ0v) is 6.88. The molecule has 1 atom stereocenters. The summed E-state index contributed by atoms with van der Waals surface area (Å²) in [5.41, 5.74) is 0. The second-order valence-corrected chi connectivity index (χ2v) is 2.36. The maximum atomic E-state index is 10.3. The van der Waals surface area contributed by atoms with Gasteiger partial charge < -0.3 is 9.47 Å². The fraction of sp³-hybridized carbons (Fsp3) is 0.857. The lowest BCUT2D eigenvalue weighted by molar-refractivity contribution is -0.178. The van der Waals surface area contributed by atoms with Gasteiger partial charge in [0.05, 0.1) is 6.10 Å². The summed E-state index contributed by atoms with van der Waals surface area (Å²) in [6.07, 6.45) is -0.341. The summed E-state index contributed by atoms with van der Waals surface area (Å²) >= 11 is 0. The number of carbonyl (C=O) groups is 1. The summed E-state index contributed by atoms with van der Waals surface area (Å²) in [7, 11) is 0. The third-order valence-electron chi connectivity index (χ3n) is 0.796. The van der Waals surface area contributed by atoms with Crippen molar-refractivity contribution in [2.24, 2.45) is 0 Å². The Morgan fingerprint density at radius 2 is 1.80 bits per heavy atom. The van der Waals surface area contributed by atoms with Crippen molar-refractivity contribution in [1.29, 1.82) is 0 Å². The van der Waals surface area contributed by atoms with Crippen molar-refractivity contribution in [3.8, 4) is 0 Å². The highest BCUT2D eigenvalue weighted by atomic mass is 16.7. The van der Waals surface area contributed by atoms with E-state index < -0.39 is 6.29 Å². The smallest absolute Gasteiger partial charge is 0.304 e. The number of rotatable bonds is 3. The molecular weight excluding hydrogens is 132 g/mol. The minimum absolute atomic E-state index is 0.0920. The van der Waals surface area contributed by atoms with Gasteiger partial charge in [-0.15, -0.1) is 0 Å². The molecule has 0 heterocycles. The molecule has 0 unspecified atom stereocenters. The molecule has 60 valence electrons. The van der Waals surface area contributed by atoms with Crippen LogP contribution in [0.25, 0.3) is 0 Å². The summed E-state index contributed by atoms with van der Waals surface area (Å²) in [5.74, 6) is -0.312. The van der Waals surface area contributed by atoms with Crippen molar-refractivity contribution in [2.45, 2.75) is 40.1 Å². The predicted octanol–water partition coefficient (Wildman–Crippen LogP) is 1.32. The molecular formula is C7H14O3. The molecule has 0 saturated heterocycles. The van der Waals surface area contributed by atoms with Crippen LogP contribution in [0.3, 0.4) is 0 Å². The molecule has 0 aromatic heterocycles. The Kier molecular flexibility index (Phi) is 4.03. The van der Waals surface area contributed by atoms with Crippen LogP contribution < -0.4 is 0 Å². The van der Waals surface area contributed by atoms with E-state index in [1.807, 2.05) is 13.8 Å². The summed E-state index contributed by atoms with van der Waals surface area (Å²) in [5, 5.41) is 0. The Morgan fingerprint density at radius 1 is 1.30 bits per heavy atom. The van der Waals surface area contributed by atoms with Gasteiger partial charge in [0.25, 0.3) is 0 Å². The zero-order chi connectivity index (χ0) is 8.15. The maximum Gasteiger partial charge on any atom is 0.304 e. The first kappa shape index (κ1) is 9.43. The van der Waals surface area contributed by atoms with Crippen LogP contribution >= 0.6 is 0 Å². The van der Waals surface area contributed by atoms with Gasteiger partial charge in [-0.2, -0.15) is 0 Å². The maximum absolute atomic E-state index is 10.3. The van der Waals surface area contributed by atoms with E-state index in [1.54, 1.807) is 6.92 Å². The monoisotopic (exact) mass is 146 g/mol. The van der Waals surface area contributed by atoms with Crippen LogP contribution in [0.1, 0.15) is 27.7 Å². The van der Waals surface area contributed by atoms with E-state index in [2.05, 4.69) is 0 Å². The first-order valence-corrected chi connectivity index (χ1v) is 3.35. The van der Waals surface area contributed by atoms with E-state index in [9.17, 15) is 4.79 Å². The number of ether oxygens (including phenoxy) is 2. The second kappa shape index (κ2) is 4.28. The number of hydrogen-bond donors (Lipinski definition) is 0. The van der Waals surface area contributed by atoms with Gasteiger partial charge in [0.1, 0.15) is 0 Å². The lowest BCUT2D eigenvalue weighted by atomic mass is 10.5. The fourth-order valence-corrected chi connectivity index (χ4v) is 0.645. The van der Waals surface area contributed by atoms with E-state index in [0.29, 0.717) is 0 Å². The van der Waals surface area contributed by atoms with E-state index in [0.717, 1.165) is 0 Å². The summed E-state index contributed by atoms with van der Waals surface area (Å²) in [6, 6.07) is 0. The van der Waals surface area contributed by atoms with Crippen molar-refractivity contribution in [3.05, 3.63) is 0 Å². The van der Waals surface area contributed by atoms with Crippen molar-refractivity contribution in [2.75, 3.05) is 0 Å². The van der Waals surface area contributed by atoms with Crippen molar-refractivity contribution < 1.29 is 14.3 Å². The van der Waals surface area contributed by atoms with Crippen LogP contribution in [0, 0.1) is 0 Å². The summed E-state index contributed by atoms with van der Waals surface area (Å²) in [4.78, 5) is 10.3. The Morgan fingerprint density at radius 3 is 2.10 bits per heavy atom. The molecule has 0 aliphatic heterocycles. The minimum atomic E-state index is -0.433. The van der Waals surface area contributed by atoms with E-state index in [-0.39, 0.29) is 12.1 Å². The summed E-state index contributed by atoms with van der Waals surface area (Å²) < 4.78 is 9.82. The molecule has 3 nitrogen and oxygen atoms in total. The van der Waals surface area contributed by atoms with Crippen molar-refractivity contribution in [3.63, 3.8) is 0 Å². The van der Waals surface area contributed by atoms with E-state index >= 15 is 0 Å². The van der Waals surface area contributed by atoms with Gasteiger partial charge in [0.15, 0.2) is 6.29 Å². The van der Waals surface area contributed by atoms with Crippen molar-refractivity contribution >= 4 is 5.97 Å². The molecule has 0 radical (unpaired) electrons. The Labute approximate surface area is 61.3 Å². The van der Waals surface area contributed by atoms with Gasteiger partial charge in [-0.05, 0) is 20.8 Å². The van der Waals surface area contributed by atoms with Crippen LogP contribution in [0.15, 0.2) is 0 Å². The molecule has 0 saturated carbocycles. The highest BCUT2D eigenvalue weighted by Gasteiger charge is 2.05. The zero-order valence-electron chi connectivity index (χ0n) is 6.88. The number of esters is 1. The average molecular weight is 146 g/mol. The van der Waals surface area contributed by atoms with Crippen LogP contribution in [-0.2, 0) is 14.3 Å². The molecule has 0 rings (SSSR count). The lowest BCUT2D eigenvalue weighted by Crippen LogP contribution is -2.19. The van der Waals surface area contributed by atoms with Gasteiger partial charge in [0, 0.05) is 6.92 Å². The van der Waals surface area contributed by atoms with Gasteiger partial charge in [-0.1, -0.05) is 0 Å². The molecule has 0 aromatic rings. The lowest BCUT2D eigenvalue weighted by Gasteiger charge is -2.14. The van der Waals surface area contributed by atoms with Crippen LogP contribution in [-0.4, -0.2) is 18.4 Å². The molecule has 0 N–H and O–H groups in total. The van der Waals surface area contributed by atoms with Gasteiger partial charge in [-0.3, -0.25) is 4.79 Å². The Bertz CT molecular complexity index is 109. The van der Waals surface area contributed by atoms with Crippen molar-refractivity contribution in [1.82, 2.24) is 0 Å². The molecule has 0 aliphatic carbocycles. The van der Waals surface area contributed by atoms with Gasteiger partial charge in [0.2, 0.25) is 0 Å². The van der Waals surface area contributed by atoms with Crippen LogP contribution in [0.4, 0.5) is 0 Å². The molecule has 0 bridgehead atoms. The molecule has 10 heavy (non-hydrogen) atoms. The Balaban J connectivity index is 3.43. The van der Waals surface area contributed by atoms with E-state index in [4.69, 9.17) is 9.47 Å². The van der Waals surface area contributed by atoms with Gasteiger partial charge >= 0.3 is 5.97 Å². The molecule has 0 aliphatic rings. The first-order chi connectivity index (χ1) is 4.52. The third kappa shape index (κ3) is 5.56. The molecule has 3 heteroatoms. The standard InChI is InChI=1S/C7H14O3/c1-5(2)9-7(4)10-6(3)8/h5,7H,1-4H3/t7-/m1/s1. The molecule has 0 amide bonds. The Hall–Kier alpha value is -0.570. The second-order valence-electron chi connectivity index (χ2n) is 2.36.